The van der Waals surface area contributed by atoms with E-state index in [1.807, 2.05) is 116 Å². The summed E-state index contributed by atoms with van der Waals surface area (Å²) in [5, 5.41) is 18.9. The van der Waals surface area contributed by atoms with Crippen LogP contribution in [0, 0.1) is 5.92 Å². The van der Waals surface area contributed by atoms with E-state index in [1.54, 1.807) is 34.7 Å². The van der Waals surface area contributed by atoms with Crippen molar-refractivity contribution in [1.29, 1.82) is 0 Å². The van der Waals surface area contributed by atoms with Crippen molar-refractivity contribution in [2.45, 2.75) is 62.7 Å². The molecule has 1 spiro atoms. The van der Waals surface area contributed by atoms with Gasteiger partial charge in [-0.25, -0.2) is 0 Å². The van der Waals surface area contributed by atoms with Crippen LogP contribution in [0.1, 0.15) is 41.6 Å². The monoisotopic (exact) mass is 733 g/mol. The molecule has 1 saturated heterocycles. The number of benzene rings is 4. The van der Waals surface area contributed by atoms with Crippen LogP contribution in [0.25, 0.3) is 0 Å². The molecule has 0 aliphatic carbocycles. The third-order valence-corrected chi connectivity index (χ3v) is 13.2. The second kappa shape index (κ2) is 14.7. The smallest absolute Gasteiger partial charge is 0.264 e. The number of amides is 2. The second-order valence-corrected chi connectivity index (χ2v) is 18.2. The number of halogens is 1. The maximum atomic E-state index is 16.5. The molecular weight excluding hydrogens is 690 g/mol. The van der Waals surface area contributed by atoms with E-state index >= 15 is 4.11 Å². The minimum Gasteiger partial charge on any atom is -0.497 e. The Labute approximate surface area is 310 Å². The Bertz CT molecular complexity index is 2080. The fourth-order valence-corrected chi connectivity index (χ4v) is 10.9. The molecule has 2 aliphatic heterocycles. The first-order chi connectivity index (χ1) is 25.6. The molecule has 274 valence electrons. The summed E-state index contributed by atoms with van der Waals surface area (Å²) in [7, 11) is -1.84. The van der Waals surface area contributed by atoms with Crippen LogP contribution in [-0.2, 0) is 33.0 Å². The highest BCUT2D eigenvalue weighted by Gasteiger charge is 2.66. The Morgan fingerprint density at radius 2 is 1.74 bits per heavy atom. The van der Waals surface area contributed by atoms with E-state index in [4.69, 9.17) is 9.47 Å². The van der Waals surface area contributed by atoms with Crippen LogP contribution in [-0.4, -0.2) is 60.6 Å². The van der Waals surface area contributed by atoms with E-state index in [0.717, 1.165) is 23.2 Å². The maximum Gasteiger partial charge on any atom is 0.264 e. The molecule has 12 heteroatoms. The van der Waals surface area contributed by atoms with E-state index in [9.17, 15) is 14.7 Å². The Morgan fingerprint density at radius 1 is 1.02 bits per heavy atom. The van der Waals surface area contributed by atoms with Gasteiger partial charge in [0.2, 0.25) is 14.8 Å². The Balaban J connectivity index is 1.19. The van der Waals surface area contributed by atoms with Gasteiger partial charge in [0.1, 0.15) is 5.75 Å². The van der Waals surface area contributed by atoms with Crippen molar-refractivity contribution in [2.75, 3.05) is 23.5 Å². The fraction of sp³-hybridized carbons (Fsp3) is 0.317. The molecule has 7 rings (SSSR count). The number of anilines is 3. The molecule has 5 aromatic rings. The van der Waals surface area contributed by atoms with Gasteiger partial charge in [0.25, 0.3) is 5.91 Å². The number of ether oxygens (including phenoxy) is 2. The molecule has 0 radical (unpaired) electrons. The standard InChI is InChI=1S/C41H44FN5O5Si/c1-28-39(53(3,4)42)38(20-21-45-25-36(43-44-45)34(26-48)30-13-7-5-8-14-30)52-41(28)35-23-33(51-2)18-19-37(35)46(40(41)50)24-29-12-11-17-32(22-29)47(27-49)31-15-9-6-10-16-31/h5-19,22-23,25,27-28,34,38-39,48H,20-21,24,26H2,1-4H3/t28-,34?,38+,39-,41+/m0/s1. The Morgan fingerprint density at radius 3 is 2.42 bits per heavy atom. The number of aliphatic hydroxyl groups is 1. The summed E-state index contributed by atoms with van der Waals surface area (Å²) in [5.74, 6) is -0.490. The highest BCUT2D eigenvalue weighted by atomic mass is 28.4. The summed E-state index contributed by atoms with van der Waals surface area (Å²) >= 11 is 0. The normalized spacial score (nSPS) is 21.5. The van der Waals surface area contributed by atoms with Crippen molar-refractivity contribution in [2.24, 2.45) is 5.92 Å². The molecular formula is C41H44FN5O5Si. The number of para-hydroxylation sites is 1. The molecule has 53 heavy (non-hydrogen) atoms. The molecule has 0 saturated carbocycles. The lowest BCUT2D eigenvalue weighted by Crippen LogP contribution is -2.45. The van der Waals surface area contributed by atoms with Gasteiger partial charge in [-0.2, -0.15) is 0 Å². The molecule has 10 nitrogen and oxygen atoms in total. The molecule has 1 fully saturated rings. The number of nitrogens with zero attached hydrogens (tertiary/aromatic N) is 5. The van der Waals surface area contributed by atoms with Gasteiger partial charge in [0.05, 0.1) is 43.7 Å². The number of hydrogen-bond acceptors (Lipinski definition) is 7. The van der Waals surface area contributed by atoms with E-state index < -0.39 is 31.6 Å². The van der Waals surface area contributed by atoms with Gasteiger partial charge >= 0.3 is 0 Å². The van der Waals surface area contributed by atoms with Gasteiger partial charge in [-0.1, -0.05) is 72.8 Å². The van der Waals surface area contributed by atoms with Crippen molar-refractivity contribution in [1.82, 2.24) is 15.0 Å². The minimum absolute atomic E-state index is 0.119. The summed E-state index contributed by atoms with van der Waals surface area (Å²) in [6.07, 6.45) is 2.42. The highest BCUT2D eigenvalue weighted by Crippen LogP contribution is 2.60. The molecule has 0 bridgehead atoms. The molecule has 2 aliphatic rings. The molecule has 1 unspecified atom stereocenters. The van der Waals surface area contributed by atoms with Crippen LogP contribution in [0.2, 0.25) is 18.6 Å². The summed E-state index contributed by atoms with van der Waals surface area (Å²) < 4.78 is 30.8. The van der Waals surface area contributed by atoms with Crippen LogP contribution in [0.15, 0.2) is 109 Å². The van der Waals surface area contributed by atoms with Gasteiger partial charge in [-0.3, -0.25) is 19.2 Å². The number of carbonyl (C=O) groups excluding carboxylic acids is 2. The van der Waals surface area contributed by atoms with Crippen LogP contribution in [0.4, 0.5) is 21.2 Å². The van der Waals surface area contributed by atoms with E-state index in [2.05, 4.69) is 10.3 Å². The summed E-state index contributed by atoms with van der Waals surface area (Å²) in [6.45, 7) is 5.79. The molecule has 3 heterocycles. The zero-order valence-electron chi connectivity index (χ0n) is 30.3. The number of fused-ring (bicyclic) bond motifs is 2. The van der Waals surface area contributed by atoms with Crippen molar-refractivity contribution < 1.29 is 28.3 Å². The molecule has 2 amide bonds. The number of rotatable bonds is 13. The van der Waals surface area contributed by atoms with Crippen LogP contribution >= 0.6 is 0 Å². The van der Waals surface area contributed by atoms with Crippen molar-refractivity contribution in [3.05, 3.63) is 132 Å². The average molecular weight is 734 g/mol. The average Bonchev–Trinajstić information content (AvgIpc) is 3.82. The van der Waals surface area contributed by atoms with Crippen molar-refractivity contribution >= 4 is 37.8 Å². The van der Waals surface area contributed by atoms with E-state index in [-0.39, 0.29) is 25.0 Å². The van der Waals surface area contributed by atoms with E-state index in [0.29, 0.717) is 41.3 Å². The maximum absolute atomic E-state index is 16.5. The SMILES string of the molecule is COc1ccc2c(c1)[C@@]1(O[C@H](CCn3cc(C(CO)c4ccccc4)nn3)[C@@H]([Si](C)(C)F)[C@@H]1C)C(=O)N2Cc1cccc(N(C=O)c2ccccc2)c1. The lowest BCUT2D eigenvalue weighted by Gasteiger charge is -2.31. The predicted molar refractivity (Wildman–Crippen MR) is 203 cm³/mol. The minimum atomic E-state index is -3.41. The topological polar surface area (TPSA) is 110 Å². The fourth-order valence-electron chi connectivity index (χ4n) is 8.32. The predicted octanol–water partition coefficient (Wildman–Crippen LogP) is 7.12. The number of hydrogen-bond donors (Lipinski definition) is 1. The number of aromatic nitrogens is 3. The Kier molecular flexibility index (Phi) is 10.0. The summed E-state index contributed by atoms with van der Waals surface area (Å²) in [4.78, 5) is 30.5. The second-order valence-electron chi connectivity index (χ2n) is 14.4. The number of aryl methyl sites for hydroxylation is 1. The number of methoxy groups -OCH3 is 1. The lowest BCUT2D eigenvalue weighted by atomic mass is 9.82. The summed E-state index contributed by atoms with van der Waals surface area (Å²) in [6, 6.07) is 32.1. The van der Waals surface area contributed by atoms with Gasteiger partial charge < -0.3 is 23.6 Å². The van der Waals surface area contributed by atoms with Crippen molar-refractivity contribution in [3.63, 3.8) is 0 Å². The quantitative estimate of drug-likeness (QED) is 0.0780. The van der Waals surface area contributed by atoms with Crippen LogP contribution in [0.5, 0.6) is 5.75 Å². The lowest BCUT2D eigenvalue weighted by molar-refractivity contribution is -0.146. The third kappa shape index (κ3) is 6.66. The van der Waals surface area contributed by atoms with Crippen LogP contribution < -0.4 is 14.5 Å². The highest BCUT2D eigenvalue weighted by molar-refractivity contribution is 6.72. The number of aliphatic hydroxyl groups excluding tert-OH is 1. The zero-order chi connectivity index (χ0) is 37.3. The van der Waals surface area contributed by atoms with E-state index in [1.165, 1.54) is 0 Å². The van der Waals surface area contributed by atoms with Gasteiger partial charge in [-0.15, -0.1) is 5.10 Å². The molecule has 4 aromatic carbocycles. The number of carbonyl (C=O) groups is 2. The summed E-state index contributed by atoms with van der Waals surface area (Å²) in [5.41, 5.74) is 3.18. The van der Waals surface area contributed by atoms with Gasteiger partial charge in [-0.05, 0) is 73.1 Å². The largest absolute Gasteiger partial charge is 0.497 e. The van der Waals surface area contributed by atoms with Gasteiger partial charge in [0, 0.05) is 41.1 Å². The first-order valence-corrected chi connectivity index (χ1v) is 20.9. The zero-order valence-corrected chi connectivity index (χ0v) is 31.3. The van der Waals surface area contributed by atoms with Gasteiger partial charge in [0.15, 0.2) is 5.60 Å². The Hall–Kier alpha value is -5.17. The molecule has 5 atom stereocenters. The molecule has 1 aromatic heterocycles. The molecule has 1 N–H and O–H groups in total. The first-order valence-electron chi connectivity index (χ1n) is 17.9. The van der Waals surface area contributed by atoms with Crippen LogP contribution in [0.3, 0.4) is 0 Å². The van der Waals surface area contributed by atoms with Crippen molar-refractivity contribution in [3.8, 4) is 5.75 Å². The third-order valence-electron chi connectivity index (χ3n) is 10.8. The first kappa shape index (κ1) is 36.2.